The lowest BCUT2D eigenvalue weighted by atomic mass is 10.0. The Bertz CT molecular complexity index is 893. The van der Waals surface area contributed by atoms with Gasteiger partial charge in [0, 0.05) is 26.1 Å². The first-order valence-electron chi connectivity index (χ1n) is 10.2. The molecule has 0 aliphatic carbocycles. The van der Waals surface area contributed by atoms with Crippen LogP contribution in [0.5, 0.6) is 0 Å². The monoisotopic (exact) mass is 414 g/mol. The summed E-state index contributed by atoms with van der Waals surface area (Å²) in [4.78, 5) is 63.6. The van der Waals surface area contributed by atoms with Crippen molar-refractivity contribution in [2.75, 3.05) is 19.6 Å². The van der Waals surface area contributed by atoms with Crippen molar-refractivity contribution < 1.29 is 24.0 Å². The summed E-state index contributed by atoms with van der Waals surface area (Å²) in [7, 11) is 0. The van der Waals surface area contributed by atoms with Crippen LogP contribution < -0.4 is 10.6 Å². The molecular weight excluding hydrogens is 388 g/mol. The average molecular weight is 414 g/mol. The maximum atomic E-state index is 12.8. The Balaban J connectivity index is 1.62. The Hall–Kier alpha value is -3.23. The maximum Gasteiger partial charge on any atom is 0.317 e. The Kier molecular flexibility index (Phi) is 6.49. The predicted molar refractivity (Wildman–Crippen MR) is 108 cm³/mol. The number of amides is 6. The molecule has 0 spiro atoms. The highest BCUT2D eigenvalue weighted by molar-refractivity contribution is 6.23. The zero-order valence-corrected chi connectivity index (χ0v) is 17.2. The van der Waals surface area contributed by atoms with Gasteiger partial charge in [-0.2, -0.15) is 0 Å². The van der Waals surface area contributed by atoms with Gasteiger partial charge in [0.1, 0.15) is 6.04 Å². The van der Waals surface area contributed by atoms with Crippen molar-refractivity contribution in [3.05, 3.63) is 34.9 Å². The van der Waals surface area contributed by atoms with Crippen LogP contribution in [-0.4, -0.2) is 65.1 Å². The number of carbonyl (C=O) groups is 5. The Morgan fingerprint density at radius 3 is 2.50 bits per heavy atom. The van der Waals surface area contributed by atoms with Gasteiger partial charge in [-0.1, -0.05) is 6.07 Å². The largest absolute Gasteiger partial charge is 0.338 e. The summed E-state index contributed by atoms with van der Waals surface area (Å²) >= 11 is 0. The van der Waals surface area contributed by atoms with Gasteiger partial charge in [-0.05, 0) is 50.8 Å². The number of imide groups is 2. The van der Waals surface area contributed by atoms with Crippen LogP contribution >= 0.6 is 0 Å². The first kappa shape index (κ1) is 21.5. The molecule has 160 valence electrons. The molecule has 6 amide bonds. The molecule has 3 rings (SSSR count). The van der Waals surface area contributed by atoms with E-state index in [1.165, 1.54) is 0 Å². The molecule has 0 saturated carbocycles. The van der Waals surface area contributed by atoms with E-state index < -0.39 is 29.7 Å². The van der Waals surface area contributed by atoms with E-state index in [-0.39, 0.29) is 30.0 Å². The second-order valence-corrected chi connectivity index (χ2v) is 7.33. The lowest BCUT2D eigenvalue weighted by Crippen LogP contribution is -2.54. The smallest absolute Gasteiger partial charge is 0.317 e. The molecule has 1 aromatic carbocycles. The first-order chi connectivity index (χ1) is 14.4. The van der Waals surface area contributed by atoms with Gasteiger partial charge < -0.3 is 10.2 Å². The molecule has 2 aliphatic heterocycles. The van der Waals surface area contributed by atoms with Gasteiger partial charge in [-0.3, -0.25) is 29.4 Å². The molecule has 2 N–H and O–H groups in total. The van der Waals surface area contributed by atoms with Crippen molar-refractivity contribution >= 4 is 29.7 Å². The topological polar surface area (TPSA) is 116 Å². The Morgan fingerprint density at radius 2 is 1.83 bits per heavy atom. The average Bonchev–Trinajstić information content (AvgIpc) is 2.96. The van der Waals surface area contributed by atoms with E-state index in [0.29, 0.717) is 32.5 Å². The van der Waals surface area contributed by atoms with E-state index in [0.717, 1.165) is 10.5 Å². The summed E-state index contributed by atoms with van der Waals surface area (Å²) < 4.78 is 0. The van der Waals surface area contributed by atoms with Crippen LogP contribution in [0.25, 0.3) is 0 Å². The minimum Gasteiger partial charge on any atom is -0.338 e. The quantitative estimate of drug-likeness (QED) is 0.512. The third kappa shape index (κ3) is 4.19. The summed E-state index contributed by atoms with van der Waals surface area (Å²) in [6.45, 7) is 5.63. The number of nitrogens with one attached hydrogen (secondary N) is 2. The van der Waals surface area contributed by atoms with E-state index in [2.05, 4.69) is 10.6 Å². The second kappa shape index (κ2) is 9.06. The fourth-order valence-electron chi connectivity index (χ4n) is 3.78. The number of hydrogen-bond acceptors (Lipinski definition) is 5. The van der Waals surface area contributed by atoms with Gasteiger partial charge >= 0.3 is 6.03 Å². The number of benzene rings is 1. The minimum atomic E-state index is -0.964. The van der Waals surface area contributed by atoms with Gasteiger partial charge in [0.2, 0.25) is 11.8 Å². The molecular formula is C21H26N4O5. The van der Waals surface area contributed by atoms with Crippen molar-refractivity contribution in [3.8, 4) is 0 Å². The molecule has 1 aromatic rings. The summed E-state index contributed by atoms with van der Waals surface area (Å²) in [5, 5.41) is 5.05. The predicted octanol–water partition coefficient (Wildman–Crippen LogP) is 1.07. The van der Waals surface area contributed by atoms with Gasteiger partial charge in [-0.15, -0.1) is 0 Å². The molecule has 0 bridgehead atoms. The summed E-state index contributed by atoms with van der Waals surface area (Å²) in [6, 6.07) is 3.99. The van der Waals surface area contributed by atoms with E-state index in [9.17, 15) is 24.0 Å². The zero-order valence-electron chi connectivity index (χ0n) is 17.2. The van der Waals surface area contributed by atoms with Gasteiger partial charge in [-0.25, -0.2) is 4.79 Å². The minimum absolute atomic E-state index is 0.0915. The van der Waals surface area contributed by atoms with Crippen molar-refractivity contribution in [2.24, 2.45) is 0 Å². The molecule has 30 heavy (non-hydrogen) atoms. The number of fused-ring (bicyclic) bond motifs is 1. The lowest BCUT2D eigenvalue weighted by Gasteiger charge is -2.27. The normalized spacial score (nSPS) is 18.3. The molecule has 1 unspecified atom stereocenters. The van der Waals surface area contributed by atoms with Crippen molar-refractivity contribution in [1.82, 2.24) is 20.4 Å². The number of nitrogens with zero attached hydrogens (tertiary/aromatic N) is 2. The summed E-state index contributed by atoms with van der Waals surface area (Å²) in [6.07, 6.45) is 1.54. The first-order valence-corrected chi connectivity index (χ1v) is 10.2. The number of aryl methyl sites for hydroxylation is 1. The highest BCUT2D eigenvalue weighted by Gasteiger charge is 2.44. The van der Waals surface area contributed by atoms with Crippen LogP contribution in [0.2, 0.25) is 0 Å². The van der Waals surface area contributed by atoms with Gasteiger partial charge in [0.25, 0.3) is 11.8 Å². The lowest BCUT2D eigenvalue weighted by molar-refractivity contribution is -0.136. The highest BCUT2D eigenvalue weighted by Crippen LogP contribution is 2.28. The molecule has 9 nitrogen and oxygen atoms in total. The number of carbonyl (C=O) groups excluding carboxylic acids is 5. The fraction of sp³-hybridized carbons (Fsp3) is 0.476. The second-order valence-electron chi connectivity index (χ2n) is 7.33. The third-order valence-electron chi connectivity index (χ3n) is 5.47. The van der Waals surface area contributed by atoms with E-state index in [1.807, 2.05) is 13.8 Å². The molecule has 0 aromatic heterocycles. The maximum absolute atomic E-state index is 12.8. The molecule has 2 aliphatic rings. The number of rotatable bonds is 7. The highest BCUT2D eigenvalue weighted by atomic mass is 16.2. The van der Waals surface area contributed by atoms with Crippen molar-refractivity contribution in [1.29, 1.82) is 0 Å². The van der Waals surface area contributed by atoms with Crippen LogP contribution in [0.15, 0.2) is 18.2 Å². The van der Waals surface area contributed by atoms with E-state index >= 15 is 0 Å². The van der Waals surface area contributed by atoms with Crippen molar-refractivity contribution in [3.63, 3.8) is 0 Å². The number of urea groups is 1. The number of hydrogen-bond donors (Lipinski definition) is 2. The van der Waals surface area contributed by atoms with Crippen LogP contribution in [-0.2, 0) is 16.0 Å². The van der Waals surface area contributed by atoms with E-state index in [4.69, 9.17) is 0 Å². The molecule has 9 heteroatoms. The van der Waals surface area contributed by atoms with E-state index in [1.54, 1.807) is 23.1 Å². The van der Waals surface area contributed by atoms with Crippen LogP contribution in [0, 0.1) is 0 Å². The molecule has 2 heterocycles. The molecule has 1 saturated heterocycles. The SMILES string of the molecule is CCN(CC)C(=O)NCCCc1ccc2c(c1)C(=O)N(C1CCC(=O)NC1=O)C2=O. The summed E-state index contributed by atoms with van der Waals surface area (Å²) in [5.74, 6) is -2.04. The van der Waals surface area contributed by atoms with Crippen LogP contribution in [0.3, 0.4) is 0 Å². The van der Waals surface area contributed by atoms with Crippen LogP contribution in [0.4, 0.5) is 4.79 Å². The molecule has 0 radical (unpaired) electrons. The molecule has 1 fully saturated rings. The zero-order chi connectivity index (χ0) is 21.8. The Morgan fingerprint density at radius 1 is 1.13 bits per heavy atom. The third-order valence-corrected chi connectivity index (χ3v) is 5.47. The van der Waals surface area contributed by atoms with Crippen molar-refractivity contribution in [2.45, 2.75) is 45.6 Å². The Labute approximate surface area is 174 Å². The van der Waals surface area contributed by atoms with Gasteiger partial charge in [0.15, 0.2) is 0 Å². The number of piperidine rings is 1. The summed E-state index contributed by atoms with van der Waals surface area (Å²) in [5.41, 5.74) is 1.41. The standard InChI is InChI=1S/C21H26N4O5/c1-3-24(4-2)21(30)22-11-5-6-13-7-8-14-15(12-13)20(29)25(19(14)28)16-9-10-17(26)23-18(16)27/h7-8,12,16H,3-6,9-11H2,1-2H3,(H,22,30)(H,23,26,27). The molecule has 1 atom stereocenters. The fourth-order valence-corrected chi connectivity index (χ4v) is 3.78. The van der Waals surface area contributed by atoms with Gasteiger partial charge in [0.05, 0.1) is 11.1 Å². The van der Waals surface area contributed by atoms with Crippen LogP contribution in [0.1, 0.15) is 59.4 Å².